The van der Waals surface area contributed by atoms with Gasteiger partial charge >= 0.3 is 5.97 Å². The maximum atomic E-state index is 12.1. The van der Waals surface area contributed by atoms with Crippen molar-refractivity contribution in [3.63, 3.8) is 0 Å². The molecule has 7 aromatic rings. The molecule has 0 spiro atoms. The number of carbonyl (C=O) groups is 1. The Morgan fingerprint density at radius 3 is 2.10 bits per heavy atom. The van der Waals surface area contributed by atoms with Gasteiger partial charge in [0.2, 0.25) is 5.69 Å². The van der Waals surface area contributed by atoms with Gasteiger partial charge in [-0.3, -0.25) is 0 Å². The fraction of sp³-hybridized carbons (Fsp3) is 0.275. The van der Waals surface area contributed by atoms with Gasteiger partial charge in [-0.15, -0.1) is 0 Å². The number of hydrogen-bond acceptors (Lipinski definition) is 10. The zero-order chi connectivity index (χ0) is 59.1. The molecular formula is C69H74N3O9S2-. The van der Waals surface area contributed by atoms with E-state index in [-0.39, 0.29) is 28.0 Å². The second-order valence-electron chi connectivity index (χ2n) is 22.3. The van der Waals surface area contributed by atoms with Crippen molar-refractivity contribution in [1.82, 2.24) is 0 Å². The summed E-state index contributed by atoms with van der Waals surface area (Å²) in [7, 11) is -7.11. The van der Waals surface area contributed by atoms with Crippen LogP contribution in [0.1, 0.15) is 124 Å². The first-order valence-corrected chi connectivity index (χ1v) is 30.6. The Labute approximate surface area is 489 Å². The summed E-state index contributed by atoms with van der Waals surface area (Å²) in [4.78, 5) is 13.8. The predicted octanol–water partition coefficient (Wildman–Crippen LogP) is 13.0. The van der Waals surface area contributed by atoms with Crippen LogP contribution in [0.5, 0.6) is 11.5 Å². The van der Waals surface area contributed by atoms with Gasteiger partial charge in [0.1, 0.15) is 38.8 Å². The number of ether oxygens (including phenoxy) is 1. The average molecular weight is 1150 g/mol. The first-order valence-electron chi connectivity index (χ1n) is 27.8. The summed E-state index contributed by atoms with van der Waals surface area (Å²) in [5.41, 5.74) is 18.0. The van der Waals surface area contributed by atoms with Crippen LogP contribution in [0.4, 0.5) is 11.4 Å². The molecule has 10 rings (SSSR count). The van der Waals surface area contributed by atoms with Crippen LogP contribution in [0.3, 0.4) is 0 Å². The fourth-order valence-electron chi connectivity index (χ4n) is 12.0. The molecular weight excluding hydrogens is 1080 g/mol. The van der Waals surface area contributed by atoms with Crippen molar-refractivity contribution in [2.45, 2.75) is 116 Å². The van der Waals surface area contributed by atoms with Gasteiger partial charge in [0.05, 0.1) is 20.8 Å². The van der Waals surface area contributed by atoms with Crippen molar-refractivity contribution in [3.8, 4) is 11.5 Å². The summed E-state index contributed by atoms with van der Waals surface area (Å²) in [5.74, 6) is 0.645. The normalized spacial score (nSPS) is 15.9. The lowest BCUT2D eigenvalue weighted by Gasteiger charge is -2.27. The number of fused-ring (bicyclic) bond motifs is 7. The largest absolute Gasteiger partial charge is 0.744 e. The standard InChI is InChI=1S/C40H43N3O6S2.C28H28O3.CH4/c1-39(2)33-25-27-15-17-30(50(44,45)46)24-29(27)26-35(33)43(22-12-11-21-41)37(39)14-10-8-6-7-9-13-36-40(3,4)38-32-19-18-31(51(47,48)49)23-28(32)16-20-34(38)42(36)5;1-5-9-19-15-25-23(13-17(19)3)27(21-11-7-8-12-22(21)28(29)30)24-14-18(4)20(10-6-2)16-26(24)31-25;/h6-10,13-20,23-26H,11-12,21-22,41H2,1-5H3,(H-,44,45,46,47,48,49);7-9,11-16H,5-6,10H2,1-4H3,(H,29,30);1H4/p-1/b;19-9-;. The van der Waals surface area contributed by atoms with Gasteiger partial charge < -0.3 is 29.6 Å². The van der Waals surface area contributed by atoms with Gasteiger partial charge in [0, 0.05) is 57.4 Å². The van der Waals surface area contributed by atoms with Crippen LogP contribution in [-0.4, -0.2) is 67.4 Å². The molecule has 0 saturated heterocycles. The first-order chi connectivity index (χ1) is 38.9. The van der Waals surface area contributed by atoms with E-state index >= 15 is 0 Å². The quantitative estimate of drug-likeness (QED) is 0.0429. The van der Waals surface area contributed by atoms with Gasteiger partial charge in [-0.05, 0) is 193 Å². The summed E-state index contributed by atoms with van der Waals surface area (Å²) < 4.78 is 78.6. The van der Waals surface area contributed by atoms with Crippen molar-refractivity contribution in [3.05, 3.63) is 212 Å². The number of unbranched alkanes of at least 4 members (excludes halogenated alkanes) is 1. The molecule has 83 heavy (non-hydrogen) atoms. The first kappa shape index (κ1) is 61.4. The molecule has 0 bridgehead atoms. The Hall–Kier alpha value is -7.72. The number of benzene rings is 7. The molecule has 7 aromatic carbocycles. The molecule has 3 N–H and O–H groups in total. The van der Waals surface area contributed by atoms with E-state index < -0.39 is 26.2 Å². The van der Waals surface area contributed by atoms with Crippen molar-refractivity contribution in [2.75, 3.05) is 25.0 Å². The van der Waals surface area contributed by atoms with Crippen LogP contribution in [0.2, 0.25) is 0 Å². The second-order valence-corrected chi connectivity index (χ2v) is 25.1. The topological polar surface area (TPSA) is 193 Å². The fourth-order valence-corrected chi connectivity index (χ4v) is 13.0. The zero-order valence-corrected chi connectivity index (χ0v) is 49.6. The number of carboxylic acid groups (broad SMARTS) is 1. The van der Waals surface area contributed by atoms with Crippen LogP contribution < -0.4 is 25.8 Å². The predicted molar refractivity (Wildman–Crippen MR) is 334 cm³/mol. The maximum absolute atomic E-state index is 12.1. The summed E-state index contributed by atoms with van der Waals surface area (Å²) in [6, 6.07) is 32.7. The average Bonchev–Trinajstić information content (AvgIpc) is 1.99. The van der Waals surface area contributed by atoms with E-state index in [4.69, 9.17) is 10.5 Å². The smallest absolute Gasteiger partial charge is 0.336 e. The maximum Gasteiger partial charge on any atom is 0.336 e. The molecule has 3 heterocycles. The van der Waals surface area contributed by atoms with E-state index in [0.717, 1.165) is 128 Å². The van der Waals surface area contributed by atoms with Crippen molar-refractivity contribution in [2.24, 2.45) is 5.73 Å². The third kappa shape index (κ3) is 12.1. The lowest BCUT2D eigenvalue weighted by Crippen LogP contribution is -2.27. The SMILES string of the molecule is C.CC/C=c1/cc2c(cc1C)=C(c1ccccc1C(=O)O)c1cc(C)c(CCC)cc1O2.C[N+]1=C(/C=C/C=C/C=C/C=C2\N(CCCCN)c3cc4cc(S(=O)(=O)[O-])ccc4cc3C2(C)C)C(C)(C)c2c1ccc1cc(S(=O)(=O)[O-])ccc21. The molecule has 0 atom stereocenters. The van der Waals surface area contributed by atoms with E-state index in [1.807, 2.05) is 67.8 Å². The van der Waals surface area contributed by atoms with E-state index in [9.17, 15) is 35.8 Å². The number of carboxylic acids is 1. The van der Waals surface area contributed by atoms with Crippen molar-refractivity contribution in [1.29, 1.82) is 0 Å². The molecule has 3 aliphatic rings. The summed E-state index contributed by atoms with van der Waals surface area (Å²) in [6.07, 6.45) is 21.1. The van der Waals surface area contributed by atoms with Gasteiger partial charge in [-0.25, -0.2) is 21.6 Å². The molecule has 0 aliphatic carbocycles. The monoisotopic (exact) mass is 1150 g/mol. The third-order valence-corrected chi connectivity index (χ3v) is 17.7. The van der Waals surface area contributed by atoms with Crippen LogP contribution >= 0.6 is 0 Å². The van der Waals surface area contributed by atoms with E-state index in [0.29, 0.717) is 22.9 Å². The lowest BCUT2D eigenvalue weighted by molar-refractivity contribution is -0.401. The Kier molecular flexibility index (Phi) is 17.9. The molecule has 0 fully saturated rings. The Bertz CT molecular complexity index is 4280. The number of aromatic carboxylic acids is 1. The molecule has 0 aromatic heterocycles. The van der Waals surface area contributed by atoms with Crippen LogP contribution in [0.15, 0.2) is 167 Å². The molecule has 12 nitrogen and oxygen atoms in total. The Morgan fingerprint density at radius 1 is 0.735 bits per heavy atom. The highest BCUT2D eigenvalue weighted by molar-refractivity contribution is 7.86. The number of aryl methyl sites for hydroxylation is 3. The zero-order valence-electron chi connectivity index (χ0n) is 48.0. The van der Waals surface area contributed by atoms with Crippen LogP contribution in [0, 0.1) is 13.8 Å². The molecule has 432 valence electrons. The van der Waals surface area contributed by atoms with Crippen LogP contribution in [0.25, 0.3) is 33.2 Å². The minimum Gasteiger partial charge on any atom is -0.744 e. The Balaban J connectivity index is 0.000000240. The van der Waals surface area contributed by atoms with E-state index in [1.165, 1.54) is 35.4 Å². The molecule has 14 heteroatoms. The molecule has 0 unspecified atom stereocenters. The minimum absolute atomic E-state index is 0. The Morgan fingerprint density at radius 2 is 1.41 bits per heavy atom. The third-order valence-electron chi connectivity index (χ3n) is 16.1. The lowest BCUT2D eigenvalue weighted by atomic mass is 9.79. The highest BCUT2D eigenvalue weighted by atomic mass is 32.2. The number of nitrogens with zero attached hydrogens (tertiary/aromatic N) is 2. The molecule has 0 radical (unpaired) electrons. The van der Waals surface area contributed by atoms with Gasteiger partial charge in [0.15, 0.2) is 5.71 Å². The summed E-state index contributed by atoms with van der Waals surface area (Å²) in [5, 5.41) is 15.2. The van der Waals surface area contributed by atoms with E-state index in [1.54, 1.807) is 24.3 Å². The summed E-state index contributed by atoms with van der Waals surface area (Å²) in [6.45, 7) is 18.5. The number of nitrogens with two attached hydrogens (primary N) is 1. The number of hydrogen-bond donors (Lipinski definition) is 2. The van der Waals surface area contributed by atoms with Crippen molar-refractivity contribution < 1.29 is 45.2 Å². The highest BCUT2D eigenvalue weighted by Crippen LogP contribution is 2.50. The molecule has 0 amide bonds. The molecule has 3 aliphatic heterocycles. The van der Waals surface area contributed by atoms with Crippen LogP contribution in [-0.2, 0) is 37.5 Å². The number of allylic oxidation sites excluding steroid dienone is 8. The van der Waals surface area contributed by atoms with Gasteiger partial charge in [0.25, 0.3) is 0 Å². The van der Waals surface area contributed by atoms with Crippen molar-refractivity contribution >= 4 is 76.5 Å². The van der Waals surface area contributed by atoms with Gasteiger partial charge in [-0.1, -0.05) is 108 Å². The second kappa shape index (κ2) is 24.2. The highest BCUT2D eigenvalue weighted by Gasteiger charge is 2.44. The molecule has 0 saturated carbocycles. The number of rotatable bonds is 15. The number of anilines is 1. The summed E-state index contributed by atoms with van der Waals surface area (Å²) >= 11 is 0. The van der Waals surface area contributed by atoms with Gasteiger partial charge in [-0.2, -0.15) is 4.58 Å². The van der Waals surface area contributed by atoms with E-state index in [2.05, 4.69) is 113 Å². The minimum atomic E-state index is -4.57.